The Hall–Kier alpha value is -3.32. The summed E-state index contributed by atoms with van der Waals surface area (Å²) in [6.45, 7) is 0. The number of urea groups is 1. The summed E-state index contributed by atoms with van der Waals surface area (Å²) in [6.07, 6.45) is 1.27. The number of imide groups is 2. The fourth-order valence-corrected chi connectivity index (χ4v) is 2.46. The van der Waals surface area contributed by atoms with Crippen molar-refractivity contribution in [2.75, 3.05) is 4.90 Å². The lowest BCUT2D eigenvalue weighted by molar-refractivity contribution is -0.122. The van der Waals surface area contributed by atoms with Crippen molar-refractivity contribution in [3.05, 3.63) is 58.6 Å². The molecule has 0 aromatic heterocycles. The maximum Gasteiger partial charge on any atom is 0.335 e. The second kappa shape index (κ2) is 6.29. The van der Waals surface area contributed by atoms with E-state index in [4.69, 9.17) is 11.6 Å². The average Bonchev–Trinajstić information content (AvgIpc) is 2.56. The molecule has 126 valence electrons. The molecule has 0 saturated carbocycles. The van der Waals surface area contributed by atoms with Gasteiger partial charge in [0.05, 0.1) is 10.7 Å². The van der Waals surface area contributed by atoms with Crippen molar-refractivity contribution in [3.63, 3.8) is 0 Å². The molecule has 25 heavy (non-hydrogen) atoms. The summed E-state index contributed by atoms with van der Waals surface area (Å²) in [4.78, 5) is 37.5. The van der Waals surface area contributed by atoms with E-state index < -0.39 is 17.8 Å². The summed E-state index contributed by atoms with van der Waals surface area (Å²) < 4.78 is 0. The number of phenols is 2. The second-order valence-corrected chi connectivity index (χ2v) is 5.59. The molecular formula is C17H11ClN2O5. The minimum Gasteiger partial charge on any atom is -0.508 e. The van der Waals surface area contributed by atoms with Gasteiger partial charge in [-0.2, -0.15) is 0 Å². The maximum atomic E-state index is 12.6. The van der Waals surface area contributed by atoms with Crippen LogP contribution in [0.5, 0.6) is 11.5 Å². The van der Waals surface area contributed by atoms with Gasteiger partial charge in [0.15, 0.2) is 0 Å². The van der Waals surface area contributed by atoms with Crippen molar-refractivity contribution < 1.29 is 24.6 Å². The number of nitrogens with one attached hydrogen (secondary N) is 1. The van der Waals surface area contributed by atoms with E-state index in [2.05, 4.69) is 5.32 Å². The van der Waals surface area contributed by atoms with Gasteiger partial charge < -0.3 is 10.2 Å². The molecule has 8 heteroatoms. The molecule has 0 unspecified atom stereocenters. The van der Waals surface area contributed by atoms with Gasteiger partial charge in [0, 0.05) is 0 Å². The molecule has 1 aliphatic rings. The monoisotopic (exact) mass is 358 g/mol. The zero-order valence-electron chi connectivity index (χ0n) is 12.6. The van der Waals surface area contributed by atoms with Gasteiger partial charge in [-0.1, -0.05) is 17.7 Å². The molecule has 3 N–H and O–H groups in total. The molecule has 1 heterocycles. The van der Waals surface area contributed by atoms with Crippen LogP contribution < -0.4 is 10.2 Å². The topological polar surface area (TPSA) is 107 Å². The molecule has 0 bridgehead atoms. The third-order valence-corrected chi connectivity index (χ3v) is 3.80. The van der Waals surface area contributed by atoms with E-state index in [9.17, 15) is 24.6 Å². The first-order chi connectivity index (χ1) is 11.9. The third-order valence-electron chi connectivity index (χ3n) is 3.49. The SMILES string of the molecule is O=C1NC(=O)N(c2ccc(O)cc2)C(=O)/C1=C\c1ccc(O)c(Cl)c1. The highest BCUT2D eigenvalue weighted by Gasteiger charge is 2.36. The molecule has 1 saturated heterocycles. The largest absolute Gasteiger partial charge is 0.508 e. The second-order valence-electron chi connectivity index (χ2n) is 5.19. The van der Waals surface area contributed by atoms with Crippen molar-refractivity contribution in [1.82, 2.24) is 5.32 Å². The number of carbonyl (C=O) groups excluding carboxylic acids is 3. The first kappa shape index (κ1) is 16.5. The fraction of sp³-hybridized carbons (Fsp3) is 0. The number of carbonyl (C=O) groups is 3. The lowest BCUT2D eigenvalue weighted by Gasteiger charge is -2.26. The standard InChI is InChI=1S/C17H11ClN2O5/c18-13-8-9(1-6-14(13)22)7-12-15(23)19-17(25)20(16(12)24)10-2-4-11(21)5-3-10/h1-8,21-22H,(H,19,23,25)/b12-7-. The Balaban J connectivity index is 2.01. The zero-order valence-corrected chi connectivity index (χ0v) is 13.3. The normalized spacial score (nSPS) is 16.3. The smallest absolute Gasteiger partial charge is 0.335 e. The van der Waals surface area contributed by atoms with Crippen LogP contribution in [0.2, 0.25) is 5.02 Å². The van der Waals surface area contributed by atoms with Crippen LogP contribution in [-0.2, 0) is 9.59 Å². The van der Waals surface area contributed by atoms with E-state index in [1.54, 1.807) is 0 Å². The number of rotatable bonds is 2. The summed E-state index contributed by atoms with van der Waals surface area (Å²) in [7, 11) is 0. The molecule has 2 aromatic rings. The first-order valence-corrected chi connectivity index (χ1v) is 7.43. The molecule has 2 aromatic carbocycles. The Morgan fingerprint density at radius 2 is 1.68 bits per heavy atom. The van der Waals surface area contributed by atoms with Crippen LogP contribution in [-0.4, -0.2) is 28.1 Å². The molecule has 0 spiro atoms. The molecule has 0 radical (unpaired) electrons. The first-order valence-electron chi connectivity index (χ1n) is 7.06. The predicted molar refractivity (Wildman–Crippen MR) is 90.2 cm³/mol. The lowest BCUT2D eigenvalue weighted by Crippen LogP contribution is -2.54. The number of nitrogens with zero attached hydrogens (tertiary/aromatic N) is 1. The number of anilines is 1. The third kappa shape index (κ3) is 3.17. The van der Waals surface area contributed by atoms with Gasteiger partial charge in [-0.15, -0.1) is 0 Å². The zero-order chi connectivity index (χ0) is 18.1. The fourth-order valence-electron chi connectivity index (χ4n) is 2.27. The number of amides is 4. The molecule has 1 aliphatic heterocycles. The van der Waals surface area contributed by atoms with Gasteiger partial charge >= 0.3 is 6.03 Å². The van der Waals surface area contributed by atoms with Crippen molar-refractivity contribution >= 4 is 41.2 Å². The van der Waals surface area contributed by atoms with Gasteiger partial charge in [-0.25, -0.2) is 9.69 Å². The van der Waals surface area contributed by atoms with E-state index in [1.165, 1.54) is 48.5 Å². The van der Waals surface area contributed by atoms with E-state index in [1.807, 2.05) is 0 Å². The Morgan fingerprint density at radius 3 is 2.32 bits per heavy atom. The Labute approximate surface area is 146 Å². The quantitative estimate of drug-likeness (QED) is 0.564. The van der Waals surface area contributed by atoms with Crippen molar-refractivity contribution in [2.24, 2.45) is 0 Å². The highest BCUT2D eigenvalue weighted by molar-refractivity contribution is 6.39. The number of barbiturate groups is 1. The molecule has 1 fully saturated rings. The Bertz CT molecular complexity index is 921. The molecule has 0 aliphatic carbocycles. The van der Waals surface area contributed by atoms with Crippen LogP contribution in [0.3, 0.4) is 0 Å². The minimum absolute atomic E-state index is 0.0285. The van der Waals surface area contributed by atoms with Crippen LogP contribution in [0.1, 0.15) is 5.56 Å². The summed E-state index contributed by atoms with van der Waals surface area (Å²) in [5, 5.41) is 20.9. The van der Waals surface area contributed by atoms with Gasteiger partial charge in [0.25, 0.3) is 11.8 Å². The number of phenolic OH excluding ortho intramolecular Hbond substituents is 2. The minimum atomic E-state index is -0.887. The highest BCUT2D eigenvalue weighted by atomic mass is 35.5. The van der Waals surface area contributed by atoms with Crippen LogP contribution in [0, 0.1) is 0 Å². The van der Waals surface area contributed by atoms with Gasteiger partial charge in [0.1, 0.15) is 17.1 Å². The summed E-state index contributed by atoms with van der Waals surface area (Å²) in [6, 6.07) is 8.66. The van der Waals surface area contributed by atoms with E-state index in [0.717, 1.165) is 4.90 Å². The van der Waals surface area contributed by atoms with Crippen molar-refractivity contribution in [3.8, 4) is 11.5 Å². The molecule has 0 atom stereocenters. The summed E-state index contributed by atoms with van der Waals surface area (Å²) in [5.74, 6) is -1.82. The number of halogens is 1. The molecule has 3 rings (SSSR count). The van der Waals surface area contributed by atoms with Crippen molar-refractivity contribution in [2.45, 2.75) is 0 Å². The Morgan fingerprint density at radius 1 is 1.00 bits per heavy atom. The Kier molecular flexibility index (Phi) is 4.16. The van der Waals surface area contributed by atoms with E-state index in [0.29, 0.717) is 5.56 Å². The predicted octanol–water partition coefficient (Wildman–Crippen LogP) is 2.42. The van der Waals surface area contributed by atoms with E-state index in [-0.39, 0.29) is 27.8 Å². The number of benzene rings is 2. The van der Waals surface area contributed by atoms with Crippen molar-refractivity contribution in [1.29, 1.82) is 0 Å². The molecule has 7 nitrogen and oxygen atoms in total. The van der Waals surface area contributed by atoms with Crippen LogP contribution in [0.4, 0.5) is 10.5 Å². The number of hydrogen-bond acceptors (Lipinski definition) is 5. The number of hydrogen-bond donors (Lipinski definition) is 3. The van der Waals surface area contributed by atoms with E-state index >= 15 is 0 Å². The van der Waals surface area contributed by atoms with Crippen LogP contribution in [0.15, 0.2) is 48.0 Å². The lowest BCUT2D eigenvalue weighted by atomic mass is 10.1. The average molecular weight is 359 g/mol. The van der Waals surface area contributed by atoms with Gasteiger partial charge in [-0.05, 0) is 48.0 Å². The van der Waals surface area contributed by atoms with Crippen LogP contribution in [0.25, 0.3) is 6.08 Å². The summed E-state index contributed by atoms with van der Waals surface area (Å²) in [5.41, 5.74) is 0.332. The number of aromatic hydroxyl groups is 2. The van der Waals surface area contributed by atoms with Crippen LogP contribution >= 0.6 is 11.6 Å². The highest BCUT2D eigenvalue weighted by Crippen LogP contribution is 2.27. The summed E-state index contributed by atoms with van der Waals surface area (Å²) >= 11 is 5.81. The van der Waals surface area contributed by atoms with Gasteiger partial charge in [0.2, 0.25) is 0 Å². The molecule has 4 amide bonds. The maximum absolute atomic E-state index is 12.6. The van der Waals surface area contributed by atoms with Gasteiger partial charge in [-0.3, -0.25) is 14.9 Å². The molecular weight excluding hydrogens is 348 g/mol.